The number of nitrogens with zero attached hydrogens (tertiary/aromatic N) is 1. The third-order valence-electron chi connectivity index (χ3n) is 4.99. The number of ether oxygens (including phenoxy) is 2. The summed E-state index contributed by atoms with van der Waals surface area (Å²) in [7, 11) is 0. The first-order valence-corrected chi connectivity index (χ1v) is 11.0. The molecule has 0 aliphatic carbocycles. The van der Waals surface area contributed by atoms with E-state index >= 15 is 0 Å². The van der Waals surface area contributed by atoms with Crippen LogP contribution in [0, 0.1) is 10.1 Å². The van der Waals surface area contributed by atoms with Crippen LogP contribution in [0.25, 0.3) is 6.08 Å². The van der Waals surface area contributed by atoms with Crippen molar-refractivity contribution < 1.29 is 24.0 Å². The summed E-state index contributed by atoms with van der Waals surface area (Å²) < 4.78 is 11.0. The number of hydrogen-bond donors (Lipinski definition) is 0. The number of carbonyl (C=O) groups is 2. The fourth-order valence-corrected chi connectivity index (χ4v) is 3.06. The third-order valence-corrected chi connectivity index (χ3v) is 4.99. The highest BCUT2D eigenvalue weighted by atomic mass is 16.6. The molecule has 0 unspecified atom stereocenters. The van der Waals surface area contributed by atoms with Crippen molar-refractivity contribution in [2.75, 3.05) is 6.61 Å². The van der Waals surface area contributed by atoms with E-state index in [9.17, 15) is 19.7 Å². The zero-order valence-electron chi connectivity index (χ0n) is 18.8. The van der Waals surface area contributed by atoms with Gasteiger partial charge in [-0.3, -0.25) is 14.9 Å². The summed E-state index contributed by atoms with van der Waals surface area (Å²) in [6.45, 7) is 2.78. The molecule has 3 aromatic carbocycles. The Morgan fingerprint density at radius 2 is 1.47 bits per heavy atom. The smallest absolute Gasteiger partial charge is 0.343 e. The van der Waals surface area contributed by atoms with E-state index in [2.05, 4.69) is 6.92 Å². The Balaban J connectivity index is 1.54. The van der Waals surface area contributed by atoms with E-state index in [4.69, 9.17) is 9.47 Å². The number of ketones is 1. The predicted octanol–water partition coefficient (Wildman–Crippen LogP) is 6.28. The molecule has 0 radical (unpaired) electrons. The van der Waals surface area contributed by atoms with Crippen molar-refractivity contribution in [1.82, 2.24) is 0 Å². The molecule has 0 atom stereocenters. The molecule has 0 fully saturated rings. The van der Waals surface area contributed by atoms with E-state index in [0.29, 0.717) is 34.8 Å². The lowest BCUT2D eigenvalue weighted by molar-refractivity contribution is -0.384. The van der Waals surface area contributed by atoms with Crippen molar-refractivity contribution in [3.05, 3.63) is 106 Å². The molecular weight excluding hydrogens is 434 g/mol. The van der Waals surface area contributed by atoms with Gasteiger partial charge in [-0.1, -0.05) is 25.8 Å². The molecule has 0 N–H and O–H groups in total. The Morgan fingerprint density at radius 3 is 2.09 bits per heavy atom. The van der Waals surface area contributed by atoms with Gasteiger partial charge in [-0.05, 0) is 78.7 Å². The van der Waals surface area contributed by atoms with Crippen LogP contribution >= 0.6 is 0 Å². The molecule has 0 bridgehead atoms. The van der Waals surface area contributed by atoms with Gasteiger partial charge in [-0.2, -0.15) is 0 Å². The van der Waals surface area contributed by atoms with Gasteiger partial charge in [-0.25, -0.2) is 4.79 Å². The SMILES string of the molecule is CCCCCOc1ccc(C(=O)Oc2ccc(C(=O)/C=C/c3ccc([N+](=O)[O-])cc3)cc2)cc1. The van der Waals surface area contributed by atoms with Gasteiger partial charge in [0.05, 0.1) is 17.1 Å². The molecule has 0 aromatic heterocycles. The maximum Gasteiger partial charge on any atom is 0.343 e. The molecule has 34 heavy (non-hydrogen) atoms. The Kier molecular flexibility index (Phi) is 8.68. The topological polar surface area (TPSA) is 95.7 Å². The monoisotopic (exact) mass is 459 g/mol. The molecule has 0 aliphatic heterocycles. The largest absolute Gasteiger partial charge is 0.494 e. The van der Waals surface area contributed by atoms with Gasteiger partial charge in [0.2, 0.25) is 0 Å². The van der Waals surface area contributed by atoms with Crippen LogP contribution in [0.15, 0.2) is 78.9 Å². The first-order chi connectivity index (χ1) is 16.5. The van der Waals surface area contributed by atoms with E-state index < -0.39 is 10.9 Å². The molecule has 0 aliphatic rings. The van der Waals surface area contributed by atoms with Gasteiger partial charge >= 0.3 is 5.97 Å². The predicted molar refractivity (Wildman–Crippen MR) is 129 cm³/mol. The van der Waals surface area contributed by atoms with Crippen LogP contribution in [-0.4, -0.2) is 23.3 Å². The highest BCUT2D eigenvalue weighted by Gasteiger charge is 2.10. The van der Waals surface area contributed by atoms with E-state index in [1.54, 1.807) is 66.7 Å². The summed E-state index contributed by atoms with van der Waals surface area (Å²) in [6, 6.07) is 18.9. The molecular formula is C27H25NO6. The number of rotatable bonds is 11. The van der Waals surface area contributed by atoms with Crippen LogP contribution in [0.3, 0.4) is 0 Å². The molecule has 3 aromatic rings. The Morgan fingerprint density at radius 1 is 0.853 bits per heavy atom. The van der Waals surface area contributed by atoms with Crippen molar-refractivity contribution in [3.63, 3.8) is 0 Å². The van der Waals surface area contributed by atoms with Crippen molar-refractivity contribution in [2.45, 2.75) is 26.2 Å². The number of unbranched alkanes of at least 4 members (excludes halogenated alkanes) is 2. The van der Waals surface area contributed by atoms with Crippen molar-refractivity contribution in [1.29, 1.82) is 0 Å². The number of hydrogen-bond acceptors (Lipinski definition) is 6. The summed E-state index contributed by atoms with van der Waals surface area (Å²) in [5, 5.41) is 10.7. The molecule has 0 saturated carbocycles. The van der Waals surface area contributed by atoms with Crippen LogP contribution < -0.4 is 9.47 Å². The zero-order chi connectivity index (χ0) is 24.3. The average molecular weight is 459 g/mol. The summed E-state index contributed by atoms with van der Waals surface area (Å²) in [4.78, 5) is 35.0. The molecule has 0 saturated heterocycles. The Labute approximate surface area is 197 Å². The number of carbonyl (C=O) groups excluding carboxylic acids is 2. The minimum Gasteiger partial charge on any atom is -0.494 e. The fraction of sp³-hybridized carbons (Fsp3) is 0.185. The second kappa shape index (κ2) is 12.1. The number of non-ortho nitro benzene ring substituents is 1. The molecule has 174 valence electrons. The van der Waals surface area contributed by atoms with Crippen LogP contribution in [0.4, 0.5) is 5.69 Å². The second-order valence-electron chi connectivity index (χ2n) is 7.54. The number of allylic oxidation sites excluding steroid dienone is 1. The van der Waals surface area contributed by atoms with Crippen LogP contribution in [0.2, 0.25) is 0 Å². The molecule has 7 heteroatoms. The first-order valence-electron chi connectivity index (χ1n) is 11.0. The van der Waals surface area contributed by atoms with Crippen LogP contribution in [0.5, 0.6) is 11.5 Å². The van der Waals surface area contributed by atoms with E-state index in [1.807, 2.05) is 0 Å². The summed E-state index contributed by atoms with van der Waals surface area (Å²) in [5.41, 5.74) is 1.47. The van der Waals surface area contributed by atoms with Crippen molar-refractivity contribution in [3.8, 4) is 11.5 Å². The summed E-state index contributed by atoms with van der Waals surface area (Å²) in [5.74, 6) is 0.276. The van der Waals surface area contributed by atoms with Gasteiger partial charge in [0, 0.05) is 17.7 Å². The summed E-state index contributed by atoms with van der Waals surface area (Å²) in [6.07, 6.45) is 6.20. The van der Waals surface area contributed by atoms with E-state index in [-0.39, 0.29) is 11.5 Å². The lowest BCUT2D eigenvalue weighted by Crippen LogP contribution is -2.08. The van der Waals surface area contributed by atoms with Gasteiger partial charge in [0.15, 0.2) is 5.78 Å². The maximum atomic E-state index is 12.4. The Hall–Kier alpha value is -4.26. The zero-order valence-corrected chi connectivity index (χ0v) is 18.8. The van der Waals surface area contributed by atoms with Crippen LogP contribution in [0.1, 0.15) is 52.5 Å². The maximum absolute atomic E-state index is 12.4. The highest BCUT2D eigenvalue weighted by Crippen LogP contribution is 2.18. The van der Waals surface area contributed by atoms with Crippen molar-refractivity contribution in [2.24, 2.45) is 0 Å². The molecule has 0 amide bonds. The van der Waals surface area contributed by atoms with Gasteiger partial charge < -0.3 is 9.47 Å². The number of esters is 1. The Bertz CT molecular complexity index is 1150. The first kappa shape index (κ1) is 24.4. The minimum atomic E-state index is -0.505. The number of benzene rings is 3. The lowest BCUT2D eigenvalue weighted by atomic mass is 10.1. The molecule has 0 heterocycles. The molecule has 0 spiro atoms. The third kappa shape index (κ3) is 7.13. The normalized spacial score (nSPS) is 10.7. The summed E-state index contributed by atoms with van der Waals surface area (Å²) >= 11 is 0. The number of nitro benzene ring substituents is 1. The van der Waals surface area contributed by atoms with Gasteiger partial charge in [0.25, 0.3) is 5.69 Å². The second-order valence-corrected chi connectivity index (χ2v) is 7.54. The lowest BCUT2D eigenvalue weighted by Gasteiger charge is -2.07. The molecule has 7 nitrogen and oxygen atoms in total. The van der Waals surface area contributed by atoms with Gasteiger partial charge in [0.1, 0.15) is 11.5 Å². The minimum absolute atomic E-state index is 0.0136. The van der Waals surface area contributed by atoms with Gasteiger partial charge in [-0.15, -0.1) is 0 Å². The van der Waals surface area contributed by atoms with Crippen molar-refractivity contribution >= 4 is 23.5 Å². The standard InChI is InChI=1S/C27H25NO6/c1-2-3-4-19-33-24-14-10-22(11-15-24)27(30)34-25-16-8-21(9-17-25)26(29)18-7-20-5-12-23(13-6-20)28(31)32/h5-18H,2-4,19H2,1H3/b18-7+. The van der Waals surface area contributed by atoms with E-state index in [0.717, 1.165) is 19.3 Å². The molecule has 3 rings (SSSR count). The van der Waals surface area contributed by atoms with Crippen LogP contribution in [-0.2, 0) is 0 Å². The quantitative estimate of drug-likeness (QED) is 0.0637. The average Bonchev–Trinajstić information content (AvgIpc) is 2.86. The fourth-order valence-electron chi connectivity index (χ4n) is 3.06. The highest BCUT2D eigenvalue weighted by molar-refractivity contribution is 6.06. The van der Waals surface area contributed by atoms with E-state index in [1.165, 1.54) is 18.2 Å². The number of nitro groups is 1.